The number of hydrogen-bond acceptors (Lipinski definition) is 4. The minimum absolute atomic E-state index is 0.0150. The van der Waals surface area contributed by atoms with E-state index >= 15 is 0 Å². The van der Waals surface area contributed by atoms with Crippen LogP contribution in [0.1, 0.15) is 0 Å². The van der Waals surface area contributed by atoms with Gasteiger partial charge in [-0.2, -0.15) is 0 Å². The predicted octanol–water partition coefficient (Wildman–Crippen LogP) is -1.71. The SMILES string of the molecule is N/C(=N/O)C1CNCCN1. The summed E-state index contributed by atoms with van der Waals surface area (Å²) in [7, 11) is 0. The first-order chi connectivity index (χ1) is 4.84. The molecule has 0 amide bonds. The largest absolute Gasteiger partial charge is 0.409 e. The summed E-state index contributed by atoms with van der Waals surface area (Å²) in [4.78, 5) is 0. The van der Waals surface area contributed by atoms with Crippen molar-refractivity contribution in [1.82, 2.24) is 10.6 Å². The molecule has 1 rings (SSSR count). The van der Waals surface area contributed by atoms with Crippen LogP contribution in [0.5, 0.6) is 0 Å². The lowest BCUT2D eigenvalue weighted by molar-refractivity contribution is 0.313. The van der Waals surface area contributed by atoms with Gasteiger partial charge < -0.3 is 21.6 Å². The Morgan fingerprint density at radius 3 is 2.90 bits per heavy atom. The van der Waals surface area contributed by atoms with Gasteiger partial charge in [0.15, 0.2) is 5.84 Å². The molecule has 1 heterocycles. The van der Waals surface area contributed by atoms with Crippen LogP contribution in [0.2, 0.25) is 0 Å². The second kappa shape index (κ2) is 3.38. The van der Waals surface area contributed by atoms with E-state index in [0.29, 0.717) is 0 Å². The number of amidine groups is 1. The molecule has 0 aliphatic carbocycles. The molecule has 1 unspecified atom stereocenters. The van der Waals surface area contributed by atoms with Crippen molar-refractivity contribution in [2.24, 2.45) is 10.9 Å². The van der Waals surface area contributed by atoms with Gasteiger partial charge in [0.25, 0.3) is 0 Å². The standard InChI is InChI=1S/C5H12N4O/c6-5(9-10)4-3-7-1-2-8-4/h4,7-8,10H,1-3H2,(H2,6,9). The second-order valence-corrected chi connectivity index (χ2v) is 2.24. The predicted molar refractivity (Wildman–Crippen MR) is 38.1 cm³/mol. The van der Waals surface area contributed by atoms with E-state index in [0.717, 1.165) is 19.6 Å². The molecule has 5 heteroatoms. The smallest absolute Gasteiger partial charge is 0.157 e. The van der Waals surface area contributed by atoms with Crippen LogP contribution in [0.4, 0.5) is 0 Å². The lowest BCUT2D eigenvalue weighted by Gasteiger charge is -2.22. The molecule has 0 spiro atoms. The van der Waals surface area contributed by atoms with Gasteiger partial charge in [0.05, 0.1) is 6.04 Å². The number of hydrogen-bond donors (Lipinski definition) is 4. The molecule has 10 heavy (non-hydrogen) atoms. The Kier molecular flexibility index (Phi) is 2.47. The maximum atomic E-state index is 8.28. The number of nitrogens with zero attached hydrogens (tertiary/aromatic N) is 1. The van der Waals surface area contributed by atoms with Gasteiger partial charge in [0.1, 0.15) is 0 Å². The van der Waals surface area contributed by atoms with E-state index in [-0.39, 0.29) is 11.9 Å². The van der Waals surface area contributed by atoms with Crippen molar-refractivity contribution < 1.29 is 5.21 Å². The Labute approximate surface area is 59.3 Å². The Morgan fingerprint density at radius 2 is 2.40 bits per heavy atom. The topological polar surface area (TPSA) is 82.7 Å². The monoisotopic (exact) mass is 144 g/mol. The van der Waals surface area contributed by atoms with E-state index in [9.17, 15) is 0 Å². The third-order valence-corrected chi connectivity index (χ3v) is 1.51. The summed E-state index contributed by atoms with van der Waals surface area (Å²) < 4.78 is 0. The summed E-state index contributed by atoms with van der Waals surface area (Å²) in [6.45, 7) is 2.53. The molecule has 0 aromatic rings. The zero-order chi connectivity index (χ0) is 7.40. The summed E-state index contributed by atoms with van der Waals surface area (Å²) >= 11 is 0. The van der Waals surface area contributed by atoms with Gasteiger partial charge in [0, 0.05) is 19.6 Å². The number of nitrogens with two attached hydrogens (primary N) is 1. The molecule has 5 N–H and O–H groups in total. The normalized spacial score (nSPS) is 28.4. The van der Waals surface area contributed by atoms with Crippen LogP contribution < -0.4 is 16.4 Å². The van der Waals surface area contributed by atoms with Gasteiger partial charge in [-0.25, -0.2) is 0 Å². The third-order valence-electron chi connectivity index (χ3n) is 1.51. The molecule has 1 aliphatic heterocycles. The van der Waals surface area contributed by atoms with Crippen molar-refractivity contribution >= 4 is 5.84 Å². The summed E-state index contributed by atoms with van der Waals surface area (Å²) in [5, 5.41) is 17.4. The fourth-order valence-electron chi connectivity index (χ4n) is 0.932. The summed E-state index contributed by atoms with van der Waals surface area (Å²) in [5.74, 6) is 0.243. The van der Waals surface area contributed by atoms with Gasteiger partial charge >= 0.3 is 0 Å². The molecule has 0 radical (unpaired) electrons. The molecule has 0 saturated carbocycles. The Balaban J connectivity index is 2.39. The van der Waals surface area contributed by atoms with Crippen molar-refractivity contribution in [2.45, 2.75) is 6.04 Å². The number of oxime groups is 1. The van der Waals surface area contributed by atoms with Gasteiger partial charge in [-0.15, -0.1) is 0 Å². The van der Waals surface area contributed by atoms with E-state index in [2.05, 4.69) is 15.8 Å². The van der Waals surface area contributed by atoms with Crippen LogP contribution in [0.3, 0.4) is 0 Å². The molecule has 5 nitrogen and oxygen atoms in total. The molecular formula is C5H12N4O. The highest BCUT2D eigenvalue weighted by atomic mass is 16.4. The minimum Gasteiger partial charge on any atom is -0.409 e. The number of nitrogens with one attached hydrogen (secondary N) is 2. The molecule has 1 saturated heterocycles. The first kappa shape index (κ1) is 7.30. The fourth-order valence-corrected chi connectivity index (χ4v) is 0.932. The third kappa shape index (κ3) is 1.58. The lowest BCUT2D eigenvalue weighted by atomic mass is 10.2. The van der Waals surface area contributed by atoms with Crippen LogP contribution in [-0.2, 0) is 0 Å². The van der Waals surface area contributed by atoms with E-state index < -0.39 is 0 Å². The molecule has 0 aromatic carbocycles. The van der Waals surface area contributed by atoms with E-state index in [1.165, 1.54) is 0 Å². The number of rotatable bonds is 1. The Hall–Kier alpha value is -0.810. The summed E-state index contributed by atoms with van der Waals surface area (Å²) in [5.41, 5.74) is 5.35. The van der Waals surface area contributed by atoms with E-state index in [1.807, 2.05) is 0 Å². The van der Waals surface area contributed by atoms with Crippen molar-refractivity contribution in [3.8, 4) is 0 Å². The Bertz CT molecular complexity index is 130. The molecule has 0 aromatic heterocycles. The second-order valence-electron chi connectivity index (χ2n) is 2.24. The average Bonchev–Trinajstić information content (AvgIpc) is 2.05. The molecule has 1 atom stereocenters. The molecular weight excluding hydrogens is 132 g/mol. The van der Waals surface area contributed by atoms with E-state index in [4.69, 9.17) is 10.9 Å². The minimum atomic E-state index is -0.0150. The summed E-state index contributed by atoms with van der Waals surface area (Å²) in [6, 6.07) is -0.0150. The zero-order valence-electron chi connectivity index (χ0n) is 5.67. The van der Waals surface area contributed by atoms with Crippen LogP contribution in [-0.4, -0.2) is 36.7 Å². The van der Waals surface area contributed by atoms with E-state index in [1.54, 1.807) is 0 Å². The fraction of sp³-hybridized carbons (Fsp3) is 0.800. The maximum Gasteiger partial charge on any atom is 0.157 e. The van der Waals surface area contributed by atoms with Crippen molar-refractivity contribution in [3.63, 3.8) is 0 Å². The summed E-state index contributed by atoms with van der Waals surface area (Å²) in [6.07, 6.45) is 0. The molecule has 58 valence electrons. The van der Waals surface area contributed by atoms with Crippen LogP contribution >= 0.6 is 0 Å². The highest BCUT2D eigenvalue weighted by Gasteiger charge is 2.15. The molecule has 1 fully saturated rings. The van der Waals surface area contributed by atoms with Crippen molar-refractivity contribution in [3.05, 3.63) is 0 Å². The quantitative estimate of drug-likeness (QED) is 0.153. The first-order valence-corrected chi connectivity index (χ1v) is 3.26. The highest BCUT2D eigenvalue weighted by Crippen LogP contribution is 1.85. The number of piperazine rings is 1. The van der Waals surface area contributed by atoms with Crippen LogP contribution in [0, 0.1) is 0 Å². The average molecular weight is 144 g/mol. The molecule has 1 aliphatic rings. The van der Waals surface area contributed by atoms with Gasteiger partial charge in [-0.3, -0.25) is 0 Å². The first-order valence-electron chi connectivity index (χ1n) is 3.26. The van der Waals surface area contributed by atoms with Gasteiger partial charge in [-0.05, 0) is 0 Å². The van der Waals surface area contributed by atoms with Gasteiger partial charge in [0.2, 0.25) is 0 Å². The molecule has 0 bridgehead atoms. The highest BCUT2D eigenvalue weighted by molar-refractivity contribution is 5.85. The van der Waals surface area contributed by atoms with Crippen LogP contribution in [0.25, 0.3) is 0 Å². The maximum absolute atomic E-state index is 8.28. The lowest BCUT2D eigenvalue weighted by Crippen LogP contribution is -2.54. The van der Waals surface area contributed by atoms with Crippen LogP contribution in [0.15, 0.2) is 5.16 Å². The van der Waals surface area contributed by atoms with Gasteiger partial charge in [-0.1, -0.05) is 5.16 Å². The Morgan fingerprint density at radius 1 is 1.60 bits per heavy atom. The van der Waals surface area contributed by atoms with Crippen molar-refractivity contribution in [1.29, 1.82) is 0 Å². The zero-order valence-corrected chi connectivity index (χ0v) is 5.67. The van der Waals surface area contributed by atoms with Crippen molar-refractivity contribution in [2.75, 3.05) is 19.6 Å².